The summed E-state index contributed by atoms with van der Waals surface area (Å²) < 4.78 is 36.8. The van der Waals surface area contributed by atoms with E-state index < -0.39 is 11.6 Å². The van der Waals surface area contributed by atoms with Crippen molar-refractivity contribution >= 4 is 5.78 Å². The molecule has 3 nitrogen and oxygen atoms in total. The predicted octanol–water partition coefficient (Wildman–Crippen LogP) is 3.89. The van der Waals surface area contributed by atoms with Crippen molar-refractivity contribution in [2.75, 3.05) is 14.2 Å². The SMILES string of the molecule is COc1ccc(C/C=C/C(=O)Cc2ccc(F)cc2F)c(OC)c1. The molecule has 0 atom stereocenters. The summed E-state index contributed by atoms with van der Waals surface area (Å²) in [4.78, 5) is 11.9. The Bertz CT molecular complexity index is 754. The summed E-state index contributed by atoms with van der Waals surface area (Å²) in [7, 11) is 3.13. The van der Waals surface area contributed by atoms with Crippen LogP contribution >= 0.6 is 0 Å². The number of rotatable bonds is 7. The van der Waals surface area contributed by atoms with Crippen molar-refractivity contribution in [1.82, 2.24) is 0 Å². The molecule has 0 heterocycles. The van der Waals surface area contributed by atoms with Crippen LogP contribution in [0.1, 0.15) is 11.1 Å². The van der Waals surface area contributed by atoms with Crippen LogP contribution in [-0.2, 0) is 17.6 Å². The molecule has 0 aliphatic heterocycles. The Labute approximate surface area is 139 Å². The minimum Gasteiger partial charge on any atom is -0.497 e. The number of hydrogen-bond acceptors (Lipinski definition) is 3. The molecular formula is C19H18F2O3. The summed E-state index contributed by atoms with van der Waals surface area (Å²) in [5.41, 5.74) is 1.07. The lowest BCUT2D eigenvalue weighted by molar-refractivity contribution is -0.114. The summed E-state index contributed by atoms with van der Waals surface area (Å²) in [6.45, 7) is 0. The van der Waals surface area contributed by atoms with Gasteiger partial charge in [0.2, 0.25) is 0 Å². The first-order valence-electron chi connectivity index (χ1n) is 7.37. The van der Waals surface area contributed by atoms with Gasteiger partial charge in [-0.3, -0.25) is 4.79 Å². The largest absolute Gasteiger partial charge is 0.497 e. The lowest BCUT2D eigenvalue weighted by Crippen LogP contribution is -2.02. The maximum absolute atomic E-state index is 13.5. The van der Waals surface area contributed by atoms with E-state index in [4.69, 9.17) is 9.47 Å². The van der Waals surface area contributed by atoms with Crippen molar-refractivity contribution in [2.24, 2.45) is 0 Å². The molecule has 0 aliphatic carbocycles. The molecule has 126 valence electrons. The van der Waals surface area contributed by atoms with Gasteiger partial charge in [0.1, 0.15) is 23.1 Å². The van der Waals surface area contributed by atoms with E-state index in [0.717, 1.165) is 17.7 Å². The summed E-state index contributed by atoms with van der Waals surface area (Å²) in [5.74, 6) is -0.286. The van der Waals surface area contributed by atoms with Gasteiger partial charge in [-0.1, -0.05) is 18.2 Å². The quantitative estimate of drug-likeness (QED) is 0.722. The number of hydrogen-bond donors (Lipinski definition) is 0. The lowest BCUT2D eigenvalue weighted by Gasteiger charge is -2.08. The third-order valence-corrected chi connectivity index (χ3v) is 3.52. The van der Waals surface area contributed by atoms with Crippen molar-refractivity contribution < 1.29 is 23.0 Å². The molecule has 2 aromatic carbocycles. The van der Waals surface area contributed by atoms with Gasteiger partial charge in [-0.05, 0) is 35.8 Å². The third-order valence-electron chi connectivity index (χ3n) is 3.52. The number of ketones is 1. The molecule has 2 rings (SSSR count). The molecule has 0 radical (unpaired) electrons. The van der Waals surface area contributed by atoms with E-state index in [1.54, 1.807) is 32.4 Å². The molecule has 0 bridgehead atoms. The van der Waals surface area contributed by atoms with Crippen molar-refractivity contribution in [3.63, 3.8) is 0 Å². The molecule has 0 aromatic heterocycles. The lowest BCUT2D eigenvalue weighted by atomic mass is 10.1. The zero-order chi connectivity index (χ0) is 17.5. The maximum atomic E-state index is 13.5. The minimum atomic E-state index is -0.714. The highest BCUT2D eigenvalue weighted by Crippen LogP contribution is 2.25. The molecule has 0 saturated heterocycles. The molecule has 5 heteroatoms. The number of carbonyl (C=O) groups is 1. The highest BCUT2D eigenvalue weighted by molar-refractivity contribution is 5.91. The second-order valence-corrected chi connectivity index (χ2v) is 5.16. The Morgan fingerprint density at radius 3 is 2.46 bits per heavy atom. The molecule has 0 saturated carbocycles. The minimum absolute atomic E-state index is 0.109. The molecule has 0 N–H and O–H groups in total. The van der Waals surface area contributed by atoms with Gasteiger partial charge < -0.3 is 9.47 Å². The number of halogens is 2. The van der Waals surface area contributed by atoms with E-state index in [-0.39, 0.29) is 17.8 Å². The fourth-order valence-electron chi connectivity index (χ4n) is 2.25. The number of allylic oxidation sites excluding steroid dienone is 2. The van der Waals surface area contributed by atoms with E-state index in [2.05, 4.69) is 0 Å². The fraction of sp³-hybridized carbons (Fsp3) is 0.211. The molecule has 24 heavy (non-hydrogen) atoms. The molecule has 0 fully saturated rings. The Morgan fingerprint density at radius 1 is 1.04 bits per heavy atom. The molecule has 0 spiro atoms. The van der Waals surface area contributed by atoms with E-state index in [9.17, 15) is 13.6 Å². The van der Waals surface area contributed by atoms with Gasteiger partial charge in [-0.25, -0.2) is 8.78 Å². The standard InChI is InChI=1S/C19H18F2O3/c1-23-17-9-7-13(19(12-17)24-2)4-3-5-16(22)10-14-6-8-15(20)11-18(14)21/h3,5-9,11-12H,4,10H2,1-2H3/b5-3+. The second kappa shape index (κ2) is 8.24. The first-order valence-corrected chi connectivity index (χ1v) is 7.37. The summed E-state index contributed by atoms with van der Waals surface area (Å²) >= 11 is 0. The van der Waals surface area contributed by atoms with Gasteiger partial charge in [-0.15, -0.1) is 0 Å². The van der Waals surface area contributed by atoms with Gasteiger partial charge >= 0.3 is 0 Å². The summed E-state index contributed by atoms with van der Waals surface area (Å²) in [5, 5.41) is 0. The van der Waals surface area contributed by atoms with Crippen molar-refractivity contribution in [3.8, 4) is 11.5 Å². The normalized spacial score (nSPS) is 10.8. The average Bonchev–Trinajstić information content (AvgIpc) is 2.57. The maximum Gasteiger partial charge on any atom is 0.159 e. The fourth-order valence-corrected chi connectivity index (χ4v) is 2.25. The average molecular weight is 332 g/mol. The Balaban J connectivity index is 1.99. The highest BCUT2D eigenvalue weighted by atomic mass is 19.1. The van der Waals surface area contributed by atoms with E-state index in [1.165, 1.54) is 12.1 Å². The monoisotopic (exact) mass is 332 g/mol. The number of benzene rings is 2. The van der Waals surface area contributed by atoms with Crippen LogP contribution < -0.4 is 9.47 Å². The molecule has 2 aromatic rings. The van der Waals surface area contributed by atoms with E-state index >= 15 is 0 Å². The first kappa shape index (κ1) is 17.7. The van der Waals surface area contributed by atoms with Crippen LogP contribution in [0, 0.1) is 11.6 Å². The van der Waals surface area contributed by atoms with Crippen molar-refractivity contribution in [1.29, 1.82) is 0 Å². The Morgan fingerprint density at radius 2 is 1.79 bits per heavy atom. The Kier molecular flexibility index (Phi) is 6.07. The first-order chi connectivity index (χ1) is 11.5. The van der Waals surface area contributed by atoms with Crippen LogP contribution in [0.15, 0.2) is 48.6 Å². The van der Waals surface area contributed by atoms with Gasteiger partial charge in [0.25, 0.3) is 0 Å². The van der Waals surface area contributed by atoms with Crippen LogP contribution in [0.4, 0.5) is 8.78 Å². The smallest absolute Gasteiger partial charge is 0.159 e. The van der Waals surface area contributed by atoms with Crippen LogP contribution in [0.2, 0.25) is 0 Å². The van der Waals surface area contributed by atoms with Crippen LogP contribution in [0.5, 0.6) is 11.5 Å². The third kappa shape index (κ3) is 4.65. The zero-order valence-electron chi connectivity index (χ0n) is 13.5. The zero-order valence-corrected chi connectivity index (χ0v) is 13.5. The molecule has 0 amide bonds. The van der Waals surface area contributed by atoms with Gasteiger partial charge in [0.15, 0.2) is 5.78 Å². The second-order valence-electron chi connectivity index (χ2n) is 5.16. The van der Waals surface area contributed by atoms with Crippen LogP contribution in [-0.4, -0.2) is 20.0 Å². The van der Waals surface area contributed by atoms with Crippen LogP contribution in [0.25, 0.3) is 0 Å². The summed E-state index contributed by atoms with van der Waals surface area (Å²) in [6.07, 6.45) is 3.47. The van der Waals surface area contributed by atoms with Crippen molar-refractivity contribution in [2.45, 2.75) is 12.8 Å². The highest BCUT2D eigenvalue weighted by Gasteiger charge is 2.08. The van der Waals surface area contributed by atoms with Gasteiger partial charge in [0.05, 0.1) is 14.2 Å². The molecule has 0 unspecified atom stereocenters. The van der Waals surface area contributed by atoms with Crippen LogP contribution in [0.3, 0.4) is 0 Å². The summed E-state index contributed by atoms with van der Waals surface area (Å²) in [6, 6.07) is 8.61. The van der Waals surface area contributed by atoms with Gasteiger partial charge in [-0.2, -0.15) is 0 Å². The van der Waals surface area contributed by atoms with Crippen molar-refractivity contribution in [3.05, 3.63) is 71.3 Å². The topological polar surface area (TPSA) is 35.5 Å². The molecule has 0 aliphatic rings. The van der Waals surface area contributed by atoms with E-state index in [0.29, 0.717) is 17.9 Å². The van der Waals surface area contributed by atoms with E-state index in [1.807, 2.05) is 6.07 Å². The number of ether oxygens (including phenoxy) is 2. The molecular weight excluding hydrogens is 314 g/mol. The predicted molar refractivity (Wildman–Crippen MR) is 87.5 cm³/mol. The number of carbonyl (C=O) groups excluding carboxylic acids is 1. The van der Waals surface area contributed by atoms with Gasteiger partial charge in [0, 0.05) is 18.6 Å². The Hall–Kier alpha value is -2.69. The number of methoxy groups -OCH3 is 2.